The molecule has 1 saturated heterocycles. The van der Waals surface area contributed by atoms with Crippen LogP contribution in [0.15, 0.2) is 30.6 Å². The summed E-state index contributed by atoms with van der Waals surface area (Å²) in [4.78, 5) is 22.9. The van der Waals surface area contributed by atoms with Crippen molar-refractivity contribution in [2.75, 3.05) is 38.5 Å². The number of fused-ring (bicyclic) bond motifs is 1. The van der Waals surface area contributed by atoms with Gasteiger partial charge in [-0.15, -0.1) is 0 Å². The van der Waals surface area contributed by atoms with Crippen LogP contribution in [0, 0.1) is 0 Å². The van der Waals surface area contributed by atoms with E-state index in [4.69, 9.17) is 12.2 Å². The number of carbonyl (C=O) groups excluding carboxylic acids is 1. The van der Waals surface area contributed by atoms with Crippen molar-refractivity contribution in [2.24, 2.45) is 0 Å². The third-order valence-corrected chi connectivity index (χ3v) is 6.42. The number of hydrogen-bond acceptors (Lipinski definition) is 6. The van der Waals surface area contributed by atoms with Crippen molar-refractivity contribution < 1.29 is 4.79 Å². The summed E-state index contributed by atoms with van der Waals surface area (Å²) in [5.74, 6) is 0. The van der Waals surface area contributed by atoms with Gasteiger partial charge in [-0.2, -0.15) is 0 Å². The minimum absolute atomic E-state index is 0.213. The molecule has 7 nitrogen and oxygen atoms in total. The number of anilines is 1. The second-order valence-corrected chi connectivity index (χ2v) is 9.16. The van der Waals surface area contributed by atoms with Gasteiger partial charge in [0.2, 0.25) is 0 Å². The zero-order valence-electron chi connectivity index (χ0n) is 16.7. The van der Waals surface area contributed by atoms with Crippen molar-refractivity contribution in [3.05, 3.63) is 30.6 Å². The molecule has 3 rings (SSSR count). The van der Waals surface area contributed by atoms with E-state index in [1.165, 1.54) is 12.8 Å². The van der Waals surface area contributed by atoms with Crippen LogP contribution in [0.4, 0.5) is 10.5 Å². The fourth-order valence-electron chi connectivity index (χ4n) is 3.15. The molecule has 1 aliphatic heterocycles. The summed E-state index contributed by atoms with van der Waals surface area (Å²) in [6, 6.07) is 5.27. The number of nitrogens with zero attached hydrogens (tertiary/aromatic N) is 3. The fraction of sp³-hybridized carbons (Fsp3) is 0.500. The molecule has 156 valence electrons. The number of carbonyl (C=O) groups is 1. The van der Waals surface area contributed by atoms with E-state index in [1.807, 2.05) is 18.2 Å². The van der Waals surface area contributed by atoms with Crippen LogP contribution in [-0.4, -0.2) is 63.7 Å². The Labute approximate surface area is 181 Å². The van der Waals surface area contributed by atoms with E-state index in [-0.39, 0.29) is 6.03 Å². The molecule has 2 aromatic rings. The Kier molecular flexibility index (Phi) is 8.45. The van der Waals surface area contributed by atoms with Gasteiger partial charge in [0.1, 0.15) is 4.32 Å². The van der Waals surface area contributed by atoms with Crippen LogP contribution < -0.4 is 16.0 Å². The lowest BCUT2D eigenvalue weighted by atomic mass is 10.1. The highest BCUT2D eigenvalue weighted by Gasteiger charge is 2.18. The predicted octanol–water partition coefficient (Wildman–Crippen LogP) is 3.23. The number of amides is 2. The first-order valence-corrected chi connectivity index (χ1v) is 11.3. The van der Waals surface area contributed by atoms with Gasteiger partial charge in [-0.25, -0.2) is 4.79 Å². The van der Waals surface area contributed by atoms with Gasteiger partial charge < -0.3 is 20.9 Å². The van der Waals surface area contributed by atoms with Crippen LogP contribution in [0.5, 0.6) is 0 Å². The fourth-order valence-corrected chi connectivity index (χ4v) is 4.60. The number of rotatable bonds is 7. The molecule has 0 radical (unpaired) electrons. The van der Waals surface area contributed by atoms with Crippen LogP contribution in [-0.2, 0) is 0 Å². The van der Waals surface area contributed by atoms with Gasteiger partial charge in [0.15, 0.2) is 0 Å². The smallest absolute Gasteiger partial charge is 0.319 e. The molecule has 9 heteroatoms. The Balaban J connectivity index is 1.25. The summed E-state index contributed by atoms with van der Waals surface area (Å²) in [6.07, 6.45) is 7.54. The zero-order valence-corrected chi connectivity index (χ0v) is 18.3. The van der Waals surface area contributed by atoms with Crippen molar-refractivity contribution in [2.45, 2.75) is 30.9 Å². The van der Waals surface area contributed by atoms with E-state index in [1.54, 1.807) is 24.2 Å². The maximum Gasteiger partial charge on any atom is 0.319 e. The molecule has 1 aromatic carbocycles. The van der Waals surface area contributed by atoms with Gasteiger partial charge in [0.25, 0.3) is 0 Å². The first kappa shape index (κ1) is 21.7. The van der Waals surface area contributed by atoms with E-state index in [9.17, 15) is 4.79 Å². The number of piperidine rings is 1. The lowest BCUT2D eigenvalue weighted by molar-refractivity contribution is 0.252. The largest absolute Gasteiger partial charge is 0.371 e. The van der Waals surface area contributed by atoms with Crippen LogP contribution in [0.25, 0.3) is 11.0 Å². The molecule has 2 amide bonds. The number of thiocarbonyl (C=S) groups is 1. The molecule has 0 saturated carbocycles. The minimum Gasteiger partial charge on any atom is -0.371 e. The third-order valence-electron chi connectivity index (χ3n) is 4.82. The van der Waals surface area contributed by atoms with Crippen molar-refractivity contribution in [3.8, 4) is 0 Å². The number of urea groups is 1. The molecular formula is C20H28N6OS2. The topological polar surface area (TPSA) is 82.2 Å². The van der Waals surface area contributed by atoms with Crippen LogP contribution in [0.1, 0.15) is 25.7 Å². The van der Waals surface area contributed by atoms with Gasteiger partial charge >= 0.3 is 6.03 Å². The molecule has 0 unspecified atom stereocenters. The van der Waals surface area contributed by atoms with E-state index >= 15 is 0 Å². The number of likely N-dealkylation sites (tertiary alicyclic amines) is 1. The summed E-state index contributed by atoms with van der Waals surface area (Å²) in [6.45, 7) is 3.77. The maximum atomic E-state index is 12.0. The Morgan fingerprint density at radius 3 is 2.59 bits per heavy atom. The minimum atomic E-state index is -0.213. The molecule has 1 aliphatic rings. The standard InChI is InChI=1S/C20H28N6OS2/c1-26-12-6-16(7-13-26)29-20(28)24-9-3-2-8-23-19(27)25-15-4-5-17-18(14-15)22-11-10-21-17/h4-5,10-11,14,16H,2-3,6-9,12-13H2,1H3,(H,24,28)(H2,23,25,27). The van der Waals surface area contributed by atoms with Crippen LogP contribution in [0.3, 0.4) is 0 Å². The van der Waals surface area contributed by atoms with E-state index in [2.05, 4.69) is 37.9 Å². The summed E-state index contributed by atoms with van der Waals surface area (Å²) >= 11 is 7.24. The van der Waals surface area contributed by atoms with Gasteiger partial charge in [-0.1, -0.05) is 24.0 Å². The summed E-state index contributed by atoms with van der Waals surface area (Å²) < 4.78 is 0.893. The maximum absolute atomic E-state index is 12.0. The lowest BCUT2D eigenvalue weighted by Gasteiger charge is -2.28. The van der Waals surface area contributed by atoms with Gasteiger partial charge in [0, 0.05) is 36.4 Å². The molecule has 29 heavy (non-hydrogen) atoms. The molecule has 1 fully saturated rings. The third kappa shape index (κ3) is 7.41. The van der Waals surface area contributed by atoms with Crippen molar-refractivity contribution in [1.82, 2.24) is 25.5 Å². The first-order chi connectivity index (χ1) is 14.1. The average Bonchev–Trinajstić information content (AvgIpc) is 2.72. The molecule has 1 aromatic heterocycles. The molecule has 0 spiro atoms. The van der Waals surface area contributed by atoms with Crippen molar-refractivity contribution in [3.63, 3.8) is 0 Å². The lowest BCUT2D eigenvalue weighted by Crippen LogP contribution is -2.33. The molecule has 3 N–H and O–H groups in total. The highest BCUT2D eigenvalue weighted by atomic mass is 32.2. The summed E-state index contributed by atoms with van der Waals surface area (Å²) in [5.41, 5.74) is 2.26. The number of nitrogens with one attached hydrogen (secondary N) is 3. The highest BCUT2D eigenvalue weighted by Crippen LogP contribution is 2.23. The van der Waals surface area contributed by atoms with E-state index in [0.717, 1.165) is 47.8 Å². The number of unbranched alkanes of at least 4 members (excludes halogenated alkanes) is 1. The van der Waals surface area contributed by atoms with Gasteiger partial charge in [-0.3, -0.25) is 9.97 Å². The van der Waals surface area contributed by atoms with Gasteiger partial charge in [0.05, 0.1) is 11.0 Å². The Morgan fingerprint density at radius 2 is 1.83 bits per heavy atom. The van der Waals surface area contributed by atoms with Crippen LogP contribution in [0.2, 0.25) is 0 Å². The molecule has 0 atom stereocenters. The molecular weight excluding hydrogens is 404 g/mol. The summed E-state index contributed by atoms with van der Waals surface area (Å²) in [7, 11) is 2.17. The SMILES string of the molecule is CN1CCC(SC(=S)NCCCCNC(=O)Nc2ccc3nccnc3c2)CC1. The van der Waals surface area contributed by atoms with E-state index in [0.29, 0.717) is 17.5 Å². The number of aromatic nitrogens is 2. The second-order valence-electron chi connectivity index (χ2n) is 7.18. The predicted molar refractivity (Wildman–Crippen MR) is 125 cm³/mol. The average molecular weight is 433 g/mol. The zero-order chi connectivity index (χ0) is 20.5. The number of thioether (sulfide) groups is 1. The highest BCUT2D eigenvalue weighted by molar-refractivity contribution is 8.23. The van der Waals surface area contributed by atoms with Crippen LogP contribution >= 0.6 is 24.0 Å². The van der Waals surface area contributed by atoms with Gasteiger partial charge in [-0.05, 0) is 64.0 Å². The second kappa shape index (κ2) is 11.3. The van der Waals surface area contributed by atoms with Crippen molar-refractivity contribution in [1.29, 1.82) is 0 Å². The number of benzene rings is 1. The monoisotopic (exact) mass is 432 g/mol. The first-order valence-electron chi connectivity index (χ1n) is 9.99. The molecule has 0 aliphatic carbocycles. The molecule has 2 heterocycles. The Hall–Kier alpha value is -1.97. The molecule has 0 bridgehead atoms. The number of hydrogen-bond donors (Lipinski definition) is 3. The quantitative estimate of drug-likeness (QED) is 0.458. The van der Waals surface area contributed by atoms with Crippen molar-refractivity contribution >= 4 is 51.1 Å². The van der Waals surface area contributed by atoms with E-state index < -0.39 is 0 Å². The Morgan fingerprint density at radius 1 is 1.14 bits per heavy atom. The summed E-state index contributed by atoms with van der Waals surface area (Å²) in [5, 5.41) is 9.67. The Bertz CT molecular complexity index is 825. The normalized spacial score (nSPS) is 15.2.